The summed E-state index contributed by atoms with van der Waals surface area (Å²) in [5.74, 6) is 0.621. The number of ether oxygens (including phenoxy) is 3. The maximum absolute atomic E-state index is 12.3. The first-order valence-corrected chi connectivity index (χ1v) is 7.67. The highest BCUT2D eigenvalue weighted by atomic mass is 16.6. The number of methoxy groups -OCH3 is 3. The Morgan fingerprint density at radius 1 is 1.00 bits per heavy atom. The lowest BCUT2D eigenvalue weighted by Gasteiger charge is -2.14. The third kappa shape index (κ3) is 4.66. The minimum absolute atomic E-state index is 0.109. The van der Waals surface area contributed by atoms with E-state index in [9.17, 15) is 4.79 Å². The van der Waals surface area contributed by atoms with Gasteiger partial charge in [0, 0.05) is 5.56 Å². The van der Waals surface area contributed by atoms with Crippen LogP contribution in [0, 0.1) is 0 Å². The fraction of sp³-hybridized carbons (Fsp3) is 0.235. The summed E-state index contributed by atoms with van der Waals surface area (Å²) in [5, 5.41) is 18.1. The van der Waals surface area contributed by atoms with Gasteiger partial charge in [-0.25, -0.2) is 5.48 Å². The van der Waals surface area contributed by atoms with Gasteiger partial charge in [0.2, 0.25) is 5.75 Å². The second-order valence-corrected chi connectivity index (χ2v) is 5.25. The third-order valence-corrected chi connectivity index (χ3v) is 3.61. The smallest absolute Gasteiger partial charge is 0.488 e. The second kappa shape index (κ2) is 9.09. The van der Waals surface area contributed by atoms with Gasteiger partial charge in [-0.15, -0.1) is 0 Å². The maximum Gasteiger partial charge on any atom is 0.488 e. The minimum Gasteiger partial charge on any atom is -0.493 e. The molecule has 0 atom stereocenters. The van der Waals surface area contributed by atoms with Crippen LogP contribution in [0.3, 0.4) is 0 Å². The van der Waals surface area contributed by atoms with Gasteiger partial charge in [0.1, 0.15) is 0 Å². The standard InChI is InChI=1S/C17H20BNO7/c1-23-14-8-12(9-15(24-2)16(14)25-3)17(20)19-26-10-11-4-6-13(7-5-11)18(21)22/h4-9,21-22H,10H2,1-3H3,(H,19,20). The largest absolute Gasteiger partial charge is 0.493 e. The number of hydroxylamine groups is 1. The van der Waals surface area contributed by atoms with E-state index in [1.54, 1.807) is 24.3 Å². The first-order valence-electron chi connectivity index (χ1n) is 7.67. The highest BCUT2D eigenvalue weighted by Gasteiger charge is 2.17. The lowest BCUT2D eigenvalue weighted by Crippen LogP contribution is -2.29. The molecular formula is C17H20BNO7. The molecule has 0 saturated heterocycles. The molecule has 0 aliphatic carbocycles. The quantitative estimate of drug-likeness (QED) is 0.457. The molecule has 26 heavy (non-hydrogen) atoms. The van der Waals surface area contributed by atoms with Crippen LogP contribution in [0.4, 0.5) is 0 Å². The normalized spacial score (nSPS) is 10.2. The molecule has 0 bridgehead atoms. The summed E-state index contributed by atoms with van der Waals surface area (Å²) in [5.41, 5.74) is 3.73. The van der Waals surface area contributed by atoms with Crippen LogP contribution in [0.1, 0.15) is 15.9 Å². The van der Waals surface area contributed by atoms with E-state index in [1.807, 2.05) is 0 Å². The molecule has 8 nitrogen and oxygen atoms in total. The van der Waals surface area contributed by atoms with E-state index in [4.69, 9.17) is 29.1 Å². The Morgan fingerprint density at radius 2 is 1.58 bits per heavy atom. The van der Waals surface area contributed by atoms with Crippen LogP contribution in [0.15, 0.2) is 36.4 Å². The van der Waals surface area contributed by atoms with Crippen LogP contribution in [-0.4, -0.2) is 44.4 Å². The van der Waals surface area contributed by atoms with Gasteiger partial charge < -0.3 is 24.3 Å². The summed E-state index contributed by atoms with van der Waals surface area (Å²) in [7, 11) is 2.87. The molecule has 0 unspecified atom stereocenters. The third-order valence-electron chi connectivity index (χ3n) is 3.61. The molecule has 0 heterocycles. The zero-order valence-electron chi connectivity index (χ0n) is 14.7. The molecule has 2 aromatic rings. The van der Waals surface area contributed by atoms with Crippen LogP contribution >= 0.6 is 0 Å². The predicted molar refractivity (Wildman–Crippen MR) is 94.6 cm³/mol. The van der Waals surface area contributed by atoms with Crippen LogP contribution in [0.25, 0.3) is 0 Å². The van der Waals surface area contributed by atoms with E-state index in [2.05, 4.69) is 5.48 Å². The second-order valence-electron chi connectivity index (χ2n) is 5.25. The fourth-order valence-electron chi connectivity index (χ4n) is 2.24. The summed E-state index contributed by atoms with van der Waals surface area (Å²) in [4.78, 5) is 17.5. The number of nitrogens with one attached hydrogen (secondary N) is 1. The molecule has 1 amide bonds. The summed E-state index contributed by atoms with van der Waals surface area (Å²) in [6.07, 6.45) is 0. The minimum atomic E-state index is -1.52. The number of hydrogen-bond acceptors (Lipinski definition) is 7. The van der Waals surface area contributed by atoms with Crippen molar-refractivity contribution in [3.63, 3.8) is 0 Å². The summed E-state index contributed by atoms with van der Waals surface area (Å²) < 4.78 is 15.6. The van der Waals surface area contributed by atoms with Gasteiger partial charge in [-0.1, -0.05) is 24.3 Å². The zero-order valence-corrected chi connectivity index (χ0v) is 14.7. The van der Waals surface area contributed by atoms with Crippen molar-refractivity contribution in [3.8, 4) is 17.2 Å². The molecule has 0 saturated carbocycles. The van der Waals surface area contributed by atoms with E-state index < -0.39 is 13.0 Å². The van der Waals surface area contributed by atoms with Crippen LogP contribution < -0.4 is 25.2 Å². The van der Waals surface area contributed by atoms with Crippen molar-refractivity contribution in [2.45, 2.75) is 6.61 Å². The molecule has 0 aliphatic rings. The van der Waals surface area contributed by atoms with Gasteiger partial charge in [-0.3, -0.25) is 9.63 Å². The Hall–Kier alpha value is -2.75. The van der Waals surface area contributed by atoms with Gasteiger partial charge in [0.05, 0.1) is 27.9 Å². The molecule has 2 aromatic carbocycles. The number of rotatable bonds is 8. The highest BCUT2D eigenvalue weighted by molar-refractivity contribution is 6.58. The Kier molecular flexibility index (Phi) is 6.85. The summed E-state index contributed by atoms with van der Waals surface area (Å²) in [6.45, 7) is 0.109. The molecule has 0 aliphatic heterocycles. The van der Waals surface area contributed by atoms with Gasteiger partial charge in [0.25, 0.3) is 5.91 Å². The van der Waals surface area contributed by atoms with Crippen LogP contribution in [0.5, 0.6) is 17.2 Å². The Balaban J connectivity index is 2.01. The van der Waals surface area contributed by atoms with Gasteiger partial charge in [-0.2, -0.15) is 0 Å². The highest BCUT2D eigenvalue weighted by Crippen LogP contribution is 2.38. The van der Waals surface area contributed by atoms with Crippen molar-refractivity contribution in [2.24, 2.45) is 0 Å². The average molecular weight is 361 g/mol. The van der Waals surface area contributed by atoms with Crippen molar-refractivity contribution >= 4 is 18.5 Å². The fourth-order valence-corrected chi connectivity index (χ4v) is 2.24. The Labute approximate surface area is 151 Å². The van der Waals surface area contributed by atoms with Crippen molar-refractivity contribution in [2.75, 3.05) is 21.3 Å². The van der Waals surface area contributed by atoms with Gasteiger partial charge >= 0.3 is 7.12 Å². The molecule has 0 aromatic heterocycles. The van der Waals surface area contributed by atoms with Crippen LogP contribution in [0.2, 0.25) is 0 Å². The SMILES string of the molecule is COc1cc(C(=O)NOCc2ccc(B(O)O)cc2)cc(OC)c1OC. The molecule has 2 rings (SSSR count). The topological polar surface area (TPSA) is 106 Å². The Bertz CT molecular complexity index is 724. The Morgan fingerprint density at radius 3 is 2.04 bits per heavy atom. The molecule has 0 fully saturated rings. The molecule has 138 valence electrons. The monoisotopic (exact) mass is 361 g/mol. The first-order chi connectivity index (χ1) is 12.5. The summed E-state index contributed by atoms with van der Waals surface area (Å²) >= 11 is 0. The number of benzene rings is 2. The number of amides is 1. The summed E-state index contributed by atoms with van der Waals surface area (Å²) in [6, 6.07) is 9.48. The lowest BCUT2D eigenvalue weighted by molar-refractivity contribution is 0.0233. The van der Waals surface area contributed by atoms with Crippen molar-refractivity contribution < 1.29 is 33.9 Å². The maximum atomic E-state index is 12.3. The molecular weight excluding hydrogens is 341 g/mol. The van der Waals surface area contributed by atoms with E-state index in [-0.39, 0.29) is 12.2 Å². The first kappa shape index (κ1) is 19.6. The number of hydrogen-bond donors (Lipinski definition) is 3. The van der Waals surface area contributed by atoms with Crippen molar-refractivity contribution in [1.82, 2.24) is 5.48 Å². The predicted octanol–water partition coefficient (Wildman–Crippen LogP) is 0.254. The number of carbonyl (C=O) groups is 1. The van der Waals surface area contributed by atoms with Crippen LogP contribution in [-0.2, 0) is 11.4 Å². The van der Waals surface area contributed by atoms with E-state index >= 15 is 0 Å². The van der Waals surface area contributed by atoms with Gasteiger partial charge in [-0.05, 0) is 23.2 Å². The molecule has 0 radical (unpaired) electrons. The van der Waals surface area contributed by atoms with Crippen molar-refractivity contribution in [1.29, 1.82) is 0 Å². The zero-order chi connectivity index (χ0) is 19.1. The van der Waals surface area contributed by atoms with Gasteiger partial charge in [0.15, 0.2) is 11.5 Å². The van der Waals surface area contributed by atoms with E-state index in [0.29, 0.717) is 22.7 Å². The van der Waals surface area contributed by atoms with Crippen molar-refractivity contribution in [3.05, 3.63) is 47.5 Å². The molecule has 3 N–H and O–H groups in total. The van der Waals surface area contributed by atoms with E-state index in [1.165, 1.54) is 33.5 Å². The average Bonchev–Trinajstić information content (AvgIpc) is 2.66. The lowest BCUT2D eigenvalue weighted by atomic mass is 9.80. The molecule has 9 heteroatoms. The number of carbonyl (C=O) groups excluding carboxylic acids is 1. The van der Waals surface area contributed by atoms with E-state index in [0.717, 1.165) is 5.56 Å². The molecule has 0 spiro atoms.